The molecule has 0 aliphatic rings. The van der Waals surface area contributed by atoms with Crippen molar-refractivity contribution >= 4 is 67.1 Å². The number of hydrogen-bond donors (Lipinski definition) is 2. The zero-order chi connectivity index (χ0) is 26.9. The molecule has 4 rings (SSSR count). The molecule has 0 unspecified atom stereocenters. The van der Waals surface area contributed by atoms with E-state index in [0.29, 0.717) is 27.2 Å². The molecule has 2 N–H and O–H groups in total. The van der Waals surface area contributed by atoms with Gasteiger partial charge in [-0.25, -0.2) is 0 Å². The molecule has 4 aromatic rings. The zero-order valence-corrected chi connectivity index (χ0v) is 24.6. The van der Waals surface area contributed by atoms with Crippen LogP contribution in [-0.2, 0) is 10.1 Å². The molecule has 4 aromatic carbocycles. The molecular formula is C25H18Cl2N3NaO6S. The Morgan fingerprint density at radius 3 is 2.39 bits per heavy atom. The Bertz CT molecular complexity index is 1700. The minimum absolute atomic E-state index is 0. The van der Waals surface area contributed by atoms with E-state index in [1.807, 2.05) is 0 Å². The number of fused-ring (bicyclic) bond motifs is 1. The Hall–Kier alpha value is -2.70. The second-order valence-corrected chi connectivity index (χ2v) is 10.1. The fraction of sp³-hybridized carbons (Fsp3) is 0.0800. The quantitative estimate of drug-likeness (QED) is 0.203. The molecule has 0 fully saturated rings. The van der Waals surface area contributed by atoms with Crippen molar-refractivity contribution in [3.05, 3.63) is 81.8 Å². The van der Waals surface area contributed by atoms with Crippen molar-refractivity contribution in [3.63, 3.8) is 0 Å². The predicted octanol–water partition coefficient (Wildman–Crippen LogP) is 3.46. The number of nitrogens with one attached hydrogen (secondary N) is 1. The third-order valence-electron chi connectivity index (χ3n) is 5.44. The van der Waals surface area contributed by atoms with E-state index in [1.165, 1.54) is 38.3 Å². The maximum atomic E-state index is 13.4. The van der Waals surface area contributed by atoms with Crippen molar-refractivity contribution in [1.29, 1.82) is 0 Å². The maximum Gasteiger partial charge on any atom is 1.00 e. The third kappa shape index (κ3) is 6.29. The van der Waals surface area contributed by atoms with Gasteiger partial charge in [-0.3, -0.25) is 9.35 Å². The molecule has 0 saturated heterocycles. The Kier molecular flexibility index (Phi) is 9.43. The summed E-state index contributed by atoms with van der Waals surface area (Å²) in [4.78, 5) is 12.6. The molecule has 190 valence electrons. The predicted molar refractivity (Wildman–Crippen MR) is 140 cm³/mol. The van der Waals surface area contributed by atoms with E-state index in [9.17, 15) is 22.9 Å². The molecule has 0 heterocycles. The van der Waals surface area contributed by atoms with Gasteiger partial charge in [-0.1, -0.05) is 53.2 Å². The summed E-state index contributed by atoms with van der Waals surface area (Å²) in [5.74, 6) is -1.07. The Morgan fingerprint density at radius 1 is 1.03 bits per heavy atom. The van der Waals surface area contributed by atoms with Crippen LogP contribution in [0.15, 0.2) is 75.8 Å². The standard InChI is InChI=1S/C25H19Cl2N3O6S.Na/c1-13-20(27)7-8-21(37(33,34)35)22(13)29-30-23-18-6-4-3-5-14(18)9-19(24(23)31)25(32)28-16-10-15(26)11-17(12-16)36-2;/h3-12,31H,1-2H3,(H,28,32)(H,33,34,35);/q;+1/p-1. The van der Waals surface area contributed by atoms with Gasteiger partial charge in [0, 0.05) is 32.7 Å². The number of ether oxygens (including phenoxy) is 1. The Morgan fingerprint density at radius 2 is 1.71 bits per heavy atom. The third-order valence-corrected chi connectivity index (χ3v) is 6.95. The number of nitrogens with zero attached hydrogens (tertiary/aromatic N) is 2. The van der Waals surface area contributed by atoms with Crippen LogP contribution in [0.5, 0.6) is 11.5 Å². The number of anilines is 1. The van der Waals surface area contributed by atoms with Gasteiger partial charge in [-0.05, 0) is 48.2 Å². The first-order chi connectivity index (χ1) is 17.5. The number of halogens is 2. The number of azo groups is 1. The van der Waals surface area contributed by atoms with Crippen LogP contribution in [0.2, 0.25) is 10.0 Å². The minimum atomic E-state index is -4.67. The van der Waals surface area contributed by atoms with E-state index in [0.717, 1.165) is 6.07 Å². The fourth-order valence-electron chi connectivity index (χ4n) is 3.61. The van der Waals surface area contributed by atoms with Crippen molar-refractivity contribution in [1.82, 2.24) is 0 Å². The number of amides is 1. The summed E-state index contributed by atoms with van der Waals surface area (Å²) in [5, 5.41) is 25.4. The molecule has 0 radical (unpaired) electrons. The summed E-state index contributed by atoms with van der Waals surface area (Å²) < 4.78 is 38.5. The molecule has 0 atom stereocenters. The number of hydrogen-bond acceptors (Lipinski definition) is 7. The van der Waals surface area contributed by atoms with Crippen LogP contribution in [0, 0.1) is 6.92 Å². The van der Waals surface area contributed by atoms with Crippen molar-refractivity contribution in [2.75, 3.05) is 12.4 Å². The van der Waals surface area contributed by atoms with Gasteiger partial charge in [-0.15, -0.1) is 5.11 Å². The summed E-state index contributed by atoms with van der Waals surface area (Å²) >= 11 is 12.2. The molecule has 0 aliphatic carbocycles. The molecule has 0 saturated carbocycles. The monoisotopic (exact) mass is 581 g/mol. The number of benzene rings is 4. The van der Waals surface area contributed by atoms with Gasteiger partial charge in [0.15, 0.2) is 0 Å². The van der Waals surface area contributed by atoms with Crippen molar-refractivity contribution in [3.8, 4) is 11.5 Å². The van der Waals surface area contributed by atoms with Gasteiger partial charge in [0.2, 0.25) is 0 Å². The SMILES string of the molecule is COc1cc(Cl)cc(NC(=O)c2cc3ccccc3c(N=Nc3c(S(=O)(=O)O)ccc(Cl)c3C)c2[O-])c1.[Na+]. The number of rotatable bonds is 6. The summed E-state index contributed by atoms with van der Waals surface area (Å²) in [6.07, 6.45) is 0. The molecule has 0 aromatic heterocycles. The van der Waals surface area contributed by atoms with Crippen LogP contribution in [0.25, 0.3) is 10.8 Å². The molecule has 13 heteroatoms. The van der Waals surface area contributed by atoms with Gasteiger partial charge in [0.05, 0.1) is 12.8 Å². The van der Waals surface area contributed by atoms with Gasteiger partial charge in [-0.2, -0.15) is 13.5 Å². The normalized spacial score (nSPS) is 11.4. The van der Waals surface area contributed by atoms with Gasteiger partial charge in [0.25, 0.3) is 16.0 Å². The largest absolute Gasteiger partial charge is 1.00 e. The molecule has 0 spiro atoms. The number of carbonyl (C=O) groups excluding carboxylic acids is 1. The number of carbonyl (C=O) groups is 1. The maximum absolute atomic E-state index is 13.4. The Balaban J connectivity index is 0.00000400. The Labute approximate surface area is 250 Å². The average Bonchev–Trinajstić information content (AvgIpc) is 2.84. The average molecular weight is 582 g/mol. The molecule has 0 aliphatic heterocycles. The van der Waals surface area contributed by atoms with Crippen LogP contribution < -0.4 is 44.7 Å². The summed E-state index contributed by atoms with van der Waals surface area (Å²) in [6.45, 7) is 1.49. The number of methoxy groups -OCH3 is 1. The summed E-state index contributed by atoms with van der Waals surface area (Å²) in [6, 6.07) is 15.1. The first kappa shape index (κ1) is 29.9. The van der Waals surface area contributed by atoms with E-state index in [-0.39, 0.29) is 57.1 Å². The topological polar surface area (TPSA) is 140 Å². The molecule has 0 bridgehead atoms. The summed E-state index contributed by atoms with van der Waals surface area (Å²) in [7, 11) is -3.22. The fourth-order valence-corrected chi connectivity index (χ4v) is 4.67. The first-order valence-electron chi connectivity index (χ1n) is 10.6. The second kappa shape index (κ2) is 12.0. The van der Waals surface area contributed by atoms with Crippen molar-refractivity contribution in [2.24, 2.45) is 10.2 Å². The van der Waals surface area contributed by atoms with Crippen molar-refractivity contribution in [2.45, 2.75) is 11.8 Å². The van der Waals surface area contributed by atoms with E-state index < -0.39 is 26.7 Å². The zero-order valence-electron chi connectivity index (χ0n) is 20.3. The van der Waals surface area contributed by atoms with Crippen LogP contribution in [0.4, 0.5) is 17.1 Å². The van der Waals surface area contributed by atoms with E-state index in [1.54, 1.807) is 30.3 Å². The molecule has 38 heavy (non-hydrogen) atoms. The van der Waals surface area contributed by atoms with E-state index >= 15 is 0 Å². The van der Waals surface area contributed by atoms with Crippen LogP contribution >= 0.6 is 23.2 Å². The van der Waals surface area contributed by atoms with Crippen LogP contribution in [0.1, 0.15) is 15.9 Å². The smallest absolute Gasteiger partial charge is 0.870 e. The van der Waals surface area contributed by atoms with Gasteiger partial charge in [0.1, 0.15) is 16.3 Å². The van der Waals surface area contributed by atoms with Crippen molar-refractivity contribution < 1.29 is 57.2 Å². The van der Waals surface area contributed by atoms with Crippen LogP contribution in [-0.4, -0.2) is 26.0 Å². The molecule has 1 amide bonds. The molecular weight excluding hydrogens is 564 g/mol. The van der Waals surface area contributed by atoms with E-state index in [4.69, 9.17) is 27.9 Å². The van der Waals surface area contributed by atoms with Crippen LogP contribution in [0.3, 0.4) is 0 Å². The van der Waals surface area contributed by atoms with Gasteiger partial charge >= 0.3 is 29.6 Å². The van der Waals surface area contributed by atoms with E-state index in [2.05, 4.69) is 15.5 Å². The first-order valence-corrected chi connectivity index (χ1v) is 12.8. The minimum Gasteiger partial charge on any atom is -0.870 e. The van der Waals surface area contributed by atoms with Gasteiger partial charge < -0.3 is 15.2 Å². The molecule has 9 nitrogen and oxygen atoms in total. The second-order valence-electron chi connectivity index (χ2n) is 7.85. The summed E-state index contributed by atoms with van der Waals surface area (Å²) in [5.41, 5.74) is -0.144.